The lowest BCUT2D eigenvalue weighted by Crippen LogP contribution is -2.42. The van der Waals surface area contributed by atoms with Gasteiger partial charge in [-0.3, -0.25) is 0 Å². The first-order valence-electron chi connectivity index (χ1n) is 6.17. The molecule has 0 spiro atoms. The molecule has 0 bridgehead atoms. The van der Waals surface area contributed by atoms with Gasteiger partial charge in [0, 0.05) is 5.88 Å². The SMILES string of the molecule is CCSCCCNC(C)(CCl)c1ccccc1. The second-order valence-electron chi connectivity index (χ2n) is 4.31. The number of hydrogen-bond donors (Lipinski definition) is 1. The van der Waals surface area contributed by atoms with Gasteiger partial charge in [0.1, 0.15) is 0 Å². The van der Waals surface area contributed by atoms with Crippen LogP contribution in [-0.2, 0) is 5.54 Å². The van der Waals surface area contributed by atoms with Crippen molar-refractivity contribution in [2.75, 3.05) is 23.9 Å². The van der Waals surface area contributed by atoms with Crippen LogP contribution >= 0.6 is 23.4 Å². The van der Waals surface area contributed by atoms with Crippen molar-refractivity contribution in [3.05, 3.63) is 35.9 Å². The Balaban J connectivity index is 2.46. The number of nitrogens with one attached hydrogen (secondary N) is 1. The van der Waals surface area contributed by atoms with Crippen LogP contribution in [0.2, 0.25) is 0 Å². The lowest BCUT2D eigenvalue weighted by Gasteiger charge is -2.29. The Kier molecular flexibility index (Phi) is 7.02. The Morgan fingerprint density at radius 1 is 1.29 bits per heavy atom. The maximum atomic E-state index is 6.12. The molecule has 1 nitrogen and oxygen atoms in total. The highest BCUT2D eigenvalue weighted by Crippen LogP contribution is 2.22. The standard InChI is InChI=1S/C14H22ClNS/c1-3-17-11-7-10-16-14(2,12-15)13-8-5-4-6-9-13/h4-6,8-9,16H,3,7,10-12H2,1-2H3. The van der Waals surface area contributed by atoms with E-state index in [1.165, 1.54) is 23.5 Å². The summed E-state index contributed by atoms with van der Waals surface area (Å²) in [5.41, 5.74) is 1.15. The average Bonchev–Trinajstić information content (AvgIpc) is 2.39. The zero-order chi connectivity index (χ0) is 12.6. The fraction of sp³-hybridized carbons (Fsp3) is 0.571. The van der Waals surface area contributed by atoms with Crippen molar-refractivity contribution in [2.24, 2.45) is 0 Å². The van der Waals surface area contributed by atoms with Crippen molar-refractivity contribution in [2.45, 2.75) is 25.8 Å². The summed E-state index contributed by atoms with van der Waals surface area (Å²) in [5, 5.41) is 3.58. The quantitative estimate of drug-likeness (QED) is 0.569. The van der Waals surface area contributed by atoms with Gasteiger partial charge in [-0.05, 0) is 37.0 Å². The van der Waals surface area contributed by atoms with Crippen LogP contribution in [0.5, 0.6) is 0 Å². The summed E-state index contributed by atoms with van der Waals surface area (Å²) in [6.45, 7) is 5.39. The van der Waals surface area contributed by atoms with Crippen LogP contribution in [0.4, 0.5) is 0 Å². The normalized spacial score (nSPS) is 14.5. The Labute approximate surface area is 114 Å². The third-order valence-corrected chi connectivity index (χ3v) is 4.38. The molecule has 0 fully saturated rings. The summed E-state index contributed by atoms with van der Waals surface area (Å²) >= 11 is 8.10. The number of alkyl halides is 1. The molecule has 3 heteroatoms. The molecule has 1 unspecified atom stereocenters. The molecule has 17 heavy (non-hydrogen) atoms. The van der Waals surface area contributed by atoms with Crippen LogP contribution in [-0.4, -0.2) is 23.9 Å². The number of halogens is 1. The fourth-order valence-corrected chi connectivity index (χ4v) is 2.60. The van der Waals surface area contributed by atoms with Crippen molar-refractivity contribution >= 4 is 23.4 Å². The van der Waals surface area contributed by atoms with Gasteiger partial charge in [-0.1, -0.05) is 37.3 Å². The molecule has 0 aliphatic rings. The first-order chi connectivity index (χ1) is 8.23. The molecule has 1 rings (SSSR count). The summed E-state index contributed by atoms with van der Waals surface area (Å²) in [6.07, 6.45) is 1.19. The monoisotopic (exact) mass is 271 g/mol. The summed E-state index contributed by atoms with van der Waals surface area (Å²) in [7, 11) is 0. The van der Waals surface area contributed by atoms with E-state index in [0.717, 1.165) is 6.54 Å². The van der Waals surface area contributed by atoms with E-state index < -0.39 is 0 Å². The fourth-order valence-electron chi connectivity index (χ4n) is 1.72. The molecule has 1 aromatic rings. The van der Waals surface area contributed by atoms with Crippen LogP contribution in [0.25, 0.3) is 0 Å². The molecule has 1 atom stereocenters. The minimum atomic E-state index is -0.111. The third kappa shape index (κ3) is 4.90. The Bertz CT molecular complexity index is 304. The lowest BCUT2D eigenvalue weighted by molar-refractivity contribution is 0.410. The van der Waals surface area contributed by atoms with Gasteiger partial charge in [0.15, 0.2) is 0 Å². The molecule has 0 amide bonds. The number of rotatable bonds is 8. The van der Waals surface area contributed by atoms with Gasteiger partial charge in [0.05, 0.1) is 5.54 Å². The highest BCUT2D eigenvalue weighted by atomic mass is 35.5. The first-order valence-corrected chi connectivity index (χ1v) is 7.86. The Morgan fingerprint density at radius 2 is 2.00 bits per heavy atom. The third-order valence-electron chi connectivity index (χ3n) is 2.86. The second-order valence-corrected chi connectivity index (χ2v) is 5.97. The molecule has 0 radical (unpaired) electrons. The largest absolute Gasteiger partial charge is 0.307 e. The van der Waals surface area contributed by atoms with E-state index in [2.05, 4.69) is 43.4 Å². The molecule has 1 aromatic carbocycles. The average molecular weight is 272 g/mol. The maximum Gasteiger partial charge on any atom is 0.0543 e. The van der Waals surface area contributed by atoms with Crippen LogP contribution in [0.15, 0.2) is 30.3 Å². The van der Waals surface area contributed by atoms with Crippen molar-refractivity contribution in [1.82, 2.24) is 5.32 Å². The molecule has 0 saturated carbocycles. The van der Waals surface area contributed by atoms with E-state index in [1.54, 1.807) is 0 Å². The molecule has 0 saturated heterocycles. The number of hydrogen-bond acceptors (Lipinski definition) is 2. The van der Waals surface area contributed by atoms with Crippen molar-refractivity contribution < 1.29 is 0 Å². The molecule has 0 aliphatic carbocycles. The smallest absolute Gasteiger partial charge is 0.0543 e. The summed E-state index contributed by atoms with van der Waals surface area (Å²) in [4.78, 5) is 0. The highest BCUT2D eigenvalue weighted by molar-refractivity contribution is 7.99. The summed E-state index contributed by atoms with van der Waals surface area (Å²) in [6, 6.07) is 10.4. The minimum absolute atomic E-state index is 0.111. The Morgan fingerprint density at radius 3 is 2.59 bits per heavy atom. The molecule has 96 valence electrons. The van der Waals surface area contributed by atoms with E-state index in [1.807, 2.05) is 17.8 Å². The second kappa shape index (κ2) is 8.02. The highest BCUT2D eigenvalue weighted by Gasteiger charge is 2.23. The zero-order valence-electron chi connectivity index (χ0n) is 10.7. The Hall–Kier alpha value is -0.180. The van der Waals surface area contributed by atoms with E-state index in [9.17, 15) is 0 Å². The topological polar surface area (TPSA) is 12.0 Å². The van der Waals surface area contributed by atoms with Crippen LogP contribution in [0, 0.1) is 0 Å². The van der Waals surface area contributed by atoms with Gasteiger partial charge < -0.3 is 5.32 Å². The number of thioether (sulfide) groups is 1. The lowest BCUT2D eigenvalue weighted by atomic mass is 9.94. The van der Waals surface area contributed by atoms with Crippen LogP contribution in [0.1, 0.15) is 25.8 Å². The van der Waals surface area contributed by atoms with E-state index in [4.69, 9.17) is 11.6 Å². The van der Waals surface area contributed by atoms with Gasteiger partial charge >= 0.3 is 0 Å². The first kappa shape index (κ1) is 14.9. The van der Waals surface area contributed by atoms with Crippen LogP contribution in [0.3, 0.4) is 0 Å². The summed E-state index contributed by atoms with van der Waals surface area (Å²) in [5.74, 6) is 3.01. The number of benzene rings is 1. The zero-order valence-corrected chi connectivity index (χ0v) is 12.3. The van der Waals surface area contributed by atoms with Crippen LogP contribution < -0.4 is 5.32 Å². The van der Waals surface area contributed by atoms with Gasteiger partial charge in [-0.25, -0.2) is 0 Å². The molecule has 0 aliphatic heterocycles. The minimum Gasteiger partial charge on any atom is -0.307 e. The van der Waals surface area contributed by atoms with Crippen molar-refractivity contribution in [1.29, 1.82) is 0 Å². The van der Waals surface area contributed by atoms with Gasteiger partial charge in [0.2, 0.25) is 0 Å². The van der Waals surface area contributed by atoms with Gasteiger partial charge in [-0.15, -0.1) is 11.6 Å². The molecule has 0 aromatic heterocycles. The predicted octanol–water partition coefficient (Wildman–Crippen LogP) is 3.87. The summed E-state index contributed by atoms with van der Waals surface area (Å²) < 4.78 is 0. The van der Waals surface area contributed by atoms with Crippen molar-refractivity contribution in [3.63, 3.8) is 0 Å². The molecule has 0 heterocycles. The predicted molar refractivity (Wildman–Crippen MR) is 80.1 cm³/mol. The van der Waals surface area contributed by atoms with E-state index >= 15 is 0 Å². The maximum absolute atomic E-state index is 6.12. The van der Waals surface area contributed by atoms with Gasteiger partial charge in [-0.2, -0.15) is 11.8 Å². The molecule has 1 N–H and O–H groups in total. The van der Waals surface area contributed by atoms with Crippen molar-refractivity contribution in [3.8, 4) is 0 Å². The molecular weight excluding hydrogens is 250 g/mol. The van der Waals surface area contributed by atoms with E-state index in [-0.39, 0.29) is 5.54 Å². The van der Waals surface area contributed by atoms with Gasteiger partial charge in [0.25, 0.3) is 0 Å². The van der Waals surface area contributed by atoms with E-state index in [0.29, 0.717) is 5.88 Å². The molecular formula is C14H22ClNS.